The lowest BCUT2D eigenvalue weighted by Gasteiger charge is -2.33. The first-order valence-corrected chi connectivity index (χ1v) is 10.00. The van der Waals surface area contributed by atoms with Crippen LogP contribution in [-0.4, -0.2) is 35.0 Å². The van der Waals surface area contributed by atoms with E-state index in [4.69, 9.17) is 0 Å². The number of nitrogens with one attached hydrogen (secondary N) is 1. The van der Waals surface area contributed by atoms with Crippen LogP contribution >= 0.6 is 11.3 Å². The topological polar surface area (TPSA) is 58.1 Å². The number of rotatable bonds is 4. The molecular weight excluding hydrogens is 382 g/mol. The van der Waals surface area contributed by atoms with Gasteiger partial charge >= 0.3 is 0 Å². The highest BCUT2D eigenvalue weighted by Crippen LogP contribution is 2.29. The molecule has 1 fully saturated rings. The van der Waals surface area contributed by atoms with Crippen molar-refractivity contribution < 1.29 is 13.6 Å². The summed E-state index contributed by atoms with van der Waals surface area (Å²) in [6, 6.07) is 11.0. The molecular formula is C20H20F2N4OS. The van der Waals surface area contributed by atoms with Gasteiger partial charge in [-0.3, -0.25) is 4.79 Å². The van der Waals surface area contributed by atoms with Crippen LogP contribution in [0.5, 0.6) is 0 Å². The van der Waals surface area contributed by atoms with E-state index in [-0.39, 0.29) is 11.9 Å². The van der Waals surface area contributed by atoms with E-state index in [0.29, 0.717) is 29.3 Å². The van der Waals surface area contributed by atoms with Crippen LogP contribution in [0.25, 0.3) is 10.9 Å². The SMILES string of the molecule is Cc1ccc(C(=O)NC2CCN(c3nc(C(F)F)nc4ccccc34)CC2)s1. The van der Waals surface area contributed by atoms with Crippen molar-refractivity contribution in [3.05, 3.63) is 52.0 Å². The Labute approximate surface area is 165 Å². The van der Waals surface area contributed by atoms with Gasteiger partial charge in [-0.15, -0.1) is 11.3 Å². The van der Waals surface area contributed by atoms with Crippen molar-refractivity contribution in [1.29, 1.82) is 0 Å². The maximum absolute atomic E-state index is 13.2. The Bertz CT molecular complexity index is 999. The van der Waals surface area contributed by atoms with Crippen molar-refractivity contribution in [2.45, 2.75) is 32.2 Å². The molecule has 0 saturated carbocycles. The summed E-state index contributed by atoms with van der Waals surface area (Å²) in [6.45, 7) is 3.25. The summed E-state index contributed by atoms with van der Waals surface area (Å²) in [4.78, 5) is 24.3. The van der Waals surface area contributed by atoms with E-state index in [2.05, 4.69) is 15.3 Å². The lowest BCUT2D eigenvalue weighted by atomic mass is 10.0. The zero-order valence-corrected chi connectivity index (χ0v) is 16.2. The lowest BCUT2D eigenvalue weighted by Crippen LogP contribution is -2.45. The number of carbonyl (C=O) groups is 1. The van der Waals surface area contributed by atoms with Gasteiger partial charge in [0.25, 0.3) is 12.3 Å². The molecule has 0 spiro atoms. The van der Waals surface area contributed by atoms with Gasteiger partial charge in [-0.25, -0.2) is 18.7 Å². The molecule has 1 N–H and O–H groups in total. The van der Waals surface area contributed by atoms with Crippen LogP contribution in [0.4, 0.5) is 14.6 Å². The van der Waals surface area contributed by atoms with E-state index >= 15 is 0 Å². The molecule has 1 saturated heterocycles. The highest BCUT2D eigenvalue weighted by Gasteiger charge is 2.25. The molecule has 0 unspecified atom stereocenters. The molecule has 0 radical (unpaired) electrons. The molecule has 2 aromatic heterocycles. The fourth-order valence-corrected chi connectivity index (χ4v) is 4.24. The smallest absolute Gasteiger partial charge is 0.297 e. The summed E-state index contributed by atoms with van der Waals surface area (Å²) in [5.41, 5.74) is 0.520. The van der Waals surface area contributed by atoms with Crippen LogP contribution in [-0.2, 0) is 0 Å². The second-order valence-electron chi connectivity index (χ2n) is 6.87. The first-order chi connectivity index (χ1) is 13.5. The van der Waals surface area contributed by atoms with Crippen LogP contribution in [0.2, 0.25) is 0 Å². The number of aryl methyl sites for hydroxylation is 1. The third-order valence-corrected chi connectivity index (χ3v) is 5.89. The van der Waals surface area contributed by atoms with Gasteiger partial charge in [0.2, 0.25) is 0 Å². The first kappa shape index (κ1) is 18.7. The molecule has 8 heteroatoms. The van der Waals surface area contributed by atoms with Gasteiger partial charge in [0.15, 0.2) is 5.82 Å². The van der Waals surface area contributed by atoms with Crippen LogP contribution in [0.15, 0.2) is 36.4 Å². The quantitative estimate of drug-likeness (QED) is 0.706. The Hall–Kier alpha value is -2.61. The molecule has 5 nitrogen and oxygen atoms in total. The Morgan fingerprint density at radius 3 is 2.61 bits per heavy atom. The minimum absolute atomic E-state index is 0.0518. The predicted octanol–water partition coefficient (Wildman–Crippen LogP) is 4.34. The Kier molecular flexibility index (Phi) is 5.21. The summed E-state index contributed by atoms with van der Waals surface area (Å²) in [5, 5.41) is 3.85. The highest BCUT2D eigenvalue weighted by molar-refractivity contribution is 7.13. The number of hydrogen-bond acceptors (Lipinski definition) is 5. The van der Waals surface area contributed by atoms with Crippen LogP contribution in [0.3, 0.4) is 0 Å². The summed E-state index contributed by atoms with van der Waals surface area (Å²) in [6.07, 6.45) is -1.24. The normalized spacial score (nSPS) is 15.4. The minimum atomic E-state index is -2.71. The fourth-order valence-electron chi connectivity index (χ4n) is 3.46. The van der Waals surface area contributed by atoms with Gasteiger partial charge < -0.3 is 10.2 Å². The van der Waals surface area contributed by atoms with Crippen molar-refractivity contribution >= 4 is 34.0 Å². The molecule has 28 heavy (non-hydrogen) atoms. The van der Waals surface area contributed by atoms with E-state index < -0.39 is 12.2 Å². The number of nitrogens with zero attached hydrogens (tertiary/aromatic N) is 3. The number of aromatic nitrogens is 2. The van der Waals surface area contributed by atoms with Crippen LogP contribution < -0.4 is 10.2 Å². The maximum Gasteiger partial charge on any atom is 0.297 e. The molecule has 1 aromatic carbocycles. The lowest BCUT2D eigenvalue weighted by molar-refractivity contribution is 0.0935. The van der Waals surface area contributed by atoms with E-state index in [9.17, 15) is 13.6 Å². The molecule has 1 aliphatic rings. The minimum Gasteiger partial charge on any atom is -0.356 e. The summed E-state index contributed by atoms with van der Waals surface area (Å²) >= 11 is 1.48. The number of amides is 1. The van der Waals surface area contributed by atoms with Crippen molar-refractivity contribution in [3.8, 4) is 0 Å². The van der Waals surface area contributed by atoms with Crippen molar-refractivity contribution in [1.82, 2.24) is 15.3 Å². The molecule has 146 valence electrons. The zero-order valence-electron chi connectivity index (χ0n) is 15.4. The number of piperidine rings is 1. The number of thiophene rings is 1. The Balaban J connectivity index is 1.48. The van der Waals surface area contributed by atoms with Gasteiger partial charge in [-0.2, -0.15) is 0 Å². The van der Waals surface area contributed by atoms with Gasteiger partial charge in [0, 0.05) is 29.4 Å². The van der Waals surface area contributed by atoms with Crippen LogP contribution in [0.1, 0.15) is 39.6 Å². The monoisotopic (exact) mass is 402 g/mol. The van der Waals surface area contributed by atoms with Crippen molar-refractivity contribution in [3.63, 3.8) is 0 Å². The second-order valence-corrected chi connectivity index (χ2v) is 8.16. The predicted molar refractivity (Wildman–Crippen MR) is 106 cm³/mol. The number of fused-ring (bicyclic) bond motifs is 1. The van der Waals surface area contributed by atoms with Gasteiger partial charge in [-0.1, -0.05) is 12.1 Å². The number of hydrogen-bond donors (Lipinski definition) is 1. The average molecular weight is 402 g/mol. The van der Waals surface area contributed by atoms with Gasteiger partial charge in [0.05, 0.1) is 10.4 Å². The molecule has 3 aromatic rings. The fraction of sp³-hybridized carbons (Fsp3) is 0.350. The van der Waals surface area contributed by atoms with Crippen LogP contribution in [0, 0.1) is 6.92 Å². The molecule has 3 heterocycles. The van der Waals surface area contributed by atoms with E-state index in [1.165, 1.54) is 11.3 Å². The summed E-state index contributed by atoms with van der Waals surface area (Å²) in [7, 11) is 0. The van der Waals surface area contributed by atoms with Crippen molar-refractivity contribution in [2.75, 3.05) is 18.0 Å². The summed E-state index contributed by atoms with van der Waals surface area (Å²) in [5.74, 6) is 0.0424. The van der Waals surface area contributed by atoms with Gasteiger partial charge in [-0.05, 0) is 44.0 Å². The average Bonchev–Trinajstić information content (AvgIpc) is 3.14. The number of para-hydroxylation sites is 1. The molecule has 0 bridgehead atoms. The number of anilines is 1. The number of benzene rings is 1. The second kappa shape index (κ2) is 7.79. The largest absolute Gasteiger partial charge is 0.356 e. The van der Waals surface area contributed by atoms with Gasteiger partial charge in [0.1, 0.15) is 5.82 Å². The third kappa shape index (κ3) is 3.82. The molecule has 1 amide bonds. The molecule has 1 aliphatic heterocycles. The van der Waals surface area contributed by atoms with E-state index in [1.54, 1.807) is 12.1 Å². The number of carbonyl (C=O) groups excluding carboxylic acids is 1. The zero-order chi connectivity index (χ0) is 19.7. The molecule has 4 rings (SSSR count). The number of alkyl halides is 2. The first-order valence-electron chi connectivity index (χ1n) is 9.18. The Morgan fingerprint density at radius 1 is 1.18 bits per heavy atom. The highest BCUT2D eigenvalue weighted by atomic mass is 32.1. The third-order valence-electron chi connectivity index (χ3n) is 4.89. The molecule has 0 aliphatic carbocycles. The van der Waals surface area contributed by atoms with E-state index in [0.717, 1.165) is 23.1 Å². The van der Waals surface area contributed by atoms with E-state index in [1.807, 2.05) is 36.1 Å². The summed E-state index contributed by atoms with van der Waals surface area (Å²) < 4.78 is 26.4. The standard InChI is InChI=1S/C20H20F2N4OS/c1-12-6-7-16(28-12)20(27)23-13-8-10-26(11-9-13)19-14-4-2-3-5-15(14)24-18(25-19)17(21)22/h2-7,13,17H,8-11H2,1H3,(H,23,27). The van der Waals surface area contributed by atoms with Crippen molar-refractivity contribution in [2.24, 2.45) is 0 Å². The Morgan fingerprint density at radius 2 is 1.93 bits per heavy atom. The number of halogens is 2. The maximum atomic E-state index is 13.2. The molecule has 0 atom stereocenters.